The summed E-state index contributed by atoms with van der Waals surface area (Å²) in [6.07, 6.45) is 11.3. The van der Waals surface area contributed by atoms with Crippen molar-refractivity contribution in [3.8, 4) is 0 Å². The Morgan fingerprint density at radius 2 is 0.886 bits per heavy atom. The Hall–Kier alpha value is -1.48. The van der Waals surface area contributed by atoms with Gasteiger partial charge in [0.2, 0.25) is 11.8 Å². The molecule has 0 radical (unpaired) electrons. The molecule has 18 heteroatoms. The van der Waals surface area contributed by atoms with E-state index in [1.165, 1.54) is 0 Å². The van der Waals surface area contributed by atoms with Crippen molar-refractivity contribution >= 4 is 32.1 Å². The lowest BCUT2D eigenvalue weighted by Crippen LogP contribution is -2.62. The maximum atomic E-state index is 12.2. The molecule has 8 aliphatic rings. The van der Waals surface area contributed by atoms with Crippen molar-refractivity contribution in [3.63, 3.8) is 0 Å². The summed E-state index contributed by atoms with van der Waals surface area (Å²) in [5.41, 5.74) is -0.509. The molecule has 70 heavy (non-hydrogen) atoms. The first kappa shape index (κ1) is 56.3. The number of hydrogen-bond acceptors (Lipinski definition) is 12. The van der Waals surface area contributed by atoms with Crippen LogP contribution < -0.4 is 10.6 Å². The van der Waals surface area contributed by atoms with Gasteiger partial charge in [-0.15, -0.1) is 0 Å². The molecule has 0 spiro atoms. The highest BCUT2D eigenvalue weighted by Gasteiger charge is 2.67. The van der Waals surface area contributed by atoms with Crippen molar-refractivity contribution < 1.29 is 66.2 Å². The Bertz CT molecular complexity index is 1940. The third kappa shape index (κ3) is 11.1. The Morgan fingerprint density at radius 1 is 0.529 bits per heavy atom. The largest absolute Gasteiger partial charge is 0.393 e. The van der Waals surface area contributed by atoms with Crippen molar-refractivity contribution in [2.24, 2.45) is 92.7 Å². The van der Waals surface area contributed by atoms with Gasteiger partial charge in [0.15, 0.2) is 0 Å². The zero-order valence-electron chi connectivity index (χ0n) is 42.8. The summed E-state index contributed by atoms with van der Waals surface area (Å²) in [6.45, 7) is 13.1. The van der Waals surface area contributed by atoms with Crippen LogP contribution in [0.5, 0.6) is 0 Å². The van der Waals surface area contributed by atoms with Gasteiger partial charge in [0, 0.05) is 25.9 Å². The fourth-order valence-electron chi connectivity index (χ4n) is 18.2. The number of carbonyl (C=O) groups excluding carboxylic acids is 2. The van der Waals surface area contributed by atoms with E-state index in [2.05, 4.69) is 52.2 Å². The van der Waals surface area contributed by atoms with E-state index in [1.54, 1.807) is 0 Å². The maximum Gasteiger partial charge on any atom is 0.266 e. The molecule has 0 heterocycles. The van der Waals surface area contributed by atoms with Crippen LogP contribution in [0.1, 0.15) is 157 Å². The minimum absolute atomic E-state index is 0.0509. The smallest absolute Gasteiger partial charge is 0.266 e. The van der Waals surface area contributed by atoms with E-state index < -0.39 is 56.2 Å². The predicted octanol–water partition coefficient (Wildman–Crippen LogP) is 4.74. The number of fused-ring (bicyclic) bond motifs is 10. The van der Waals surface area contributed by atoms with Gasteiger partial charge in [0.1, 0.15) is 0 Å². The van der Waals surface area contributed by atoms with E-state index in [9.17, 15) is 57.1 Å². The Balaban J connectivity index is 0.000000206. The third-order valence-corrected chi connectivity index (χ3v) is 23.5. The number of hydrogen-bond donors (Lipinski definition) is 10. The Labute approximate surface area is 418 Å². The summed E-state index contributed by atoms with van der Waals surface area (Å²) in [5.74, 6) is 1.41. The number of nitrogens with one attached hydrogen (secondary N) is 2. The summed E-state index contributed by atoms with van der Waals surface area (Å²) in [4.78, 5) is 24.4. The van der Waals surface area contributed by atoms with E-state index in [0.717, 1.165) is 77.0 Å². The average Bonchev–Trinajstić information content (AvgIpc) is 3.81. The molecule has 10 N–H and O–H groups in total. The molecule has 16 nitrogen and oxygen atoms in total. The lowest BCUT2D eigenvalue weighted by molar-refractivity contribution is -0.207. The minimum Gasteiger partial charge on any atom is -0.393 e. The molecular formula is C52H90N2O14S2. The molecule has 0 saturated heterocycles. The molecule has 0 aromatic carbocycles. The van der Waals surface area contributed by atoms with Gasteiger partial charge < -0.3 is 41.3 Å². The van der Waals surface area contributed by atoms with Crippen LogP contribution in [0.2, 0.25) is 0 Å². The molecule has 0 aromatic rings. The molecule has 8 rings (SSSR count). The van der Waals surface area contributed by atoms with E-state index in [1.807, 2.05) is 0 Å². The standard InChI is InChI=1S/2C26H45NO7S/c2*1-15(4-7-23(31)27-10-11-35(32,33)34)18-5-6-19-24-20(14-22(30)26(18,19)3)25(2)9-8-17(28)12-16(25)13-21(24)29/h2*15-22,24,28-30H,4-14H2,1-3H3,(H,27,31)(H,32,33,34)/t2*15-,16+,17-,18-,19+,20+,21-,22+,24+,25+,26-/m11/s1. The topological polar surface area (TPSA) is 288 Å². The quantitative estimate of drug-likeness (QED) is 0.105. The van der Waals surface area contributed by atoms with Crippen LogP contribution in [0.3, 0.4) is 0 Å². The number of amides is 2. The lowest BCUT2D eigenvalue weighted by atomic mass is 9.43. The summed E-state index contributed by atoms with van der Waals surface area (Å²) < 4.78 is 61.0. The van der Waals surface area contributed by atoms with Gasteiger partial charge in [-0.1, -0.05) is 41.5 Å². The maximum absolute atomic E-state index is 12.2. The third-order valence-electron chi connectivity index (χ3n) is 22.1. The highest BCUT2D eigenvalue weighted by atomic mass is 32.2. The van der Waals surface area contributed by atoms with Crippen LogP contribution in [0.25, 0.3) is 0 Å². The lowest BCUT2D eigenvalue weighted by Gasteiger charge is -2.63. The monoisotopic (exact) mass is 1030 g/mol. The first-order valence-corrected chi connectivity index (χ1v) is 30.3. The number of aliphatic hydroxyl groups excluding tert-OH is 6. The molecular weight excluding hydrogens is 941 g/mol. The second kappa shape index (κ2) is 21.3. The van der Waals surface area contributed by atoms with Crippen molar-refractivity contribution in [2.75, 3.05) is 24.6 Å². The number of aliphatic hydroxyl groups is 6. The summed E-state index contributed by atoms with van der Waals surface area (Å²) in [7, 11) is -8.19. The van der Waals surface area contributed by atoms with Crippen molar-refractivity contribution in [1.82, 2.24) is 10.6 Å². The molecule has 8 aliphatic carbocycles. The predicted molar refractivity (Wildman–Crippen MR) is 264 cm³/mol. The van der Waals surface area contributed by atoms with Gasteiger partial charge in [-0.2, -0.15) is 16.8 Å². The second-order valence-corrected chi connectivity index (χ2v) is 28.5. The number of carbonyl (C=O) groups is 2. The molecule has 404 valence electrons. The normalized spacial score (nSPS) is 46.3. The fourth-order valence-corrected chi connectivity index (χ4v) is 18.9. The molecule has 2 amide bonds. The highest BCUT2D eigenvalue weighted by molar-refractivity contribution is 7.86. The van der Waals surface area contributed by atoms with E-state index >= 15 is 0 Å². The van der Waals surface area contributed by atoms with Gasteiger partial charge >= 0.3 is 0 Å². The average molecular weight is 1030 g/mol. The fraction of sp³-hybridized carbons (Fsp3) is 0.962. The molecule has 0 aromatic heterocycles. The second-order valence-electron chi connectivity index (χ2n) is 25.4. The van der Waals surface area contributed by atoms with Crippen LogP contribution in [-0.2, 0) is 29.8 Å². The summed E-state index contributed by atoms with van der Waals surface area (Å²) >= 11 is 0. The van der Waals surface area contributed by atoms with Gasteiger partial charge in [-0.3, -0.25) is 18.7 Å². The zero-order chi connectivity index (χ0) is 51.5. The van der Waals surface area contributed by atoms with Crippen LogP contribution in [0.15, 0.2) is 0 Å². The molecule has 8 fully saturated rings. The number of rotatable bonds is 14. The van der Waals surface area contributed by atoms with Gasteiger partial charge in [0.05, 0.1) is 48.1 Å². The van der Waals surface area contributed by atoms with Gasteiger partial charge in [0.25, 0.3) is 20.2 Å². The summed E-state index contributed by atoms with van der Waals surface area (Å²) in [5, 5.41) is 71.6. The van der Waals surface area contributed by atoms with Crippen LogP contribution >= 0.6 is 0 Å². The molecule has 22 atom stereocenters. The Kier molecular flexibility index (Phi) is 17.1. The van der Waals surface area contributed by atoms with Gasteiger partial charge in [-0.05, 0) is 195 Å². The molecule has 8 saturated carbocycles. The van der Waals surface area contributed by atoms with Crippen molar-refractivity contribution in [3.05, 3.63) is 0 Å². The molecule has 0 aliphatic heterocycles. The summed E-state index contributed by atoms with van der Waals surface area (Å²) in [6, 6.07) is 0. The zero-order valence-corrected chi connectivity index (χ0v) is 44.4. The van der Waals surface area contributed by atoms with Crippen LogP contribution in [-0.4, -0.2) is 130 Å². The Morgan fingerprint density at radius 3 is 1.23 bits per heavy atom. The minimum atomic E-state index is -4.10. The first-order valence-electron chi connectivity index (χ1n) is 27.1. The van der Waals surface area contributed by atoms with Crippen LogP contribution in [0.4, 0.5) is 0 Å². The molecule has 0 unspecified atom stereocenters. The highest BCUT2D eigenvalue weighted by Crippen LogP contribution is 2.70. The SMILES string of the molecule is C[C@H](CCC(=O)NCCS(=O)(=O)O)[C@H]1CC[C@H]2[C@@H]3[C@H](O)C[C@@H]4C[C@H](O)CC[C@]4(C)[C@H]3C[C@H](O)[C@]12C.C[C@H](CCC(=O)NCCS(=O)(=O)O)[C@H]1CC[C@H]2[C@@H]3[C@H](O)C[C@@H]4C[C@H](O)CC[C@]4(C)[C@H]3C[C@H](O)[C@]12C. The van der Waals surface area contributed by atoms with Crippen LogP contribution in [0, 0.1) is 92.7 Å². The molecule has 0 bridgehead atoms. The van der Waals surface area contributed by atoms with E-state index in [-0.39, 0.29) is 131 Å². The van der Waals surface area contributed by atoms with Crippen molar-refractivity contribution in [2.45, 2.75) is 194 Å². The van der Waals surface area contributed by atoms with Gasteiger partial charge in [-0.25, -0.2) is 0 Å². The first-order chi connectivity index (χ1) is 32.5. The van der Waals surface area contributed by atoms with Crippen molar-refractivity contribution in [1.29, 1.82) is 0 Å². The van der Waals surface area contributed by atoms with E-state index in [0.29, 0.717) is 37.5 Å². The van der Waals surface area contributed by atoms with E-state index in [4.69, 9.17) is 9.11 Å².